The molecule has 0 aromatic carbocycles. The smallest absolute Gasteiger partial charge is 0.0887 e. The van der Waals surface area contributed by atoms with Crippen molar-refractivity contribution in [2.75, 3.05) is 13.1 Å². The van der Waals surface area contributed by atoms with Crippen molar-refractivity contribution >= 4 is 38.9 Å². The first-order chi connectivity index (χ1) is 7.24. The largest absolute Gasteiger partial charge is 0.317 e. The maximum atomic E-state index is 5.96. The van der Waals surface area contributed by atoms with Crippen molar-refractivity contribution < 1.29 is 0 Å². The number of rotatable bonds is 7. The zero-order valence-corrected chi connectivity index (χ0v) is 12.1. The molecule has 0 aliphatic rings. The third kappa shape index (κ3) is 5.34. The maximum absolute atomic E-state index is 5.96. The minimum atomic E-state index is 0.850. The van der Waals surface area contributed by atoms with Crippen molar-refractivity contribution in [1.82, 2.24) is 5.32 Å². The lowest BCUT2D eigenvalue weighted by Gasteiger charge is -2.00. The zero-order valence-electron chi connectivity index (χ0n) is 8.98. The molecule has 1 rings (SSSR count). The van der Waals surface area contributed by atoms with E-state index < -0.39 is 0 Å². The van der Waals surface area contributed by atoms with E-state index in [1.165, 1.54) is 24.1 Å². The molecule has 0 fully saturated rings. The number of nitrogens with one attached hydrogen (secondary N) is 1. The van der Waals surface area contributed by atoms with E-state index in [0.29, 0.717) is 0 Å². The van der Waals surface area contributed by atoms with E-state index in [2.05, 4.69) is 34.2 Å². The lowest BCUT2D eigenvalue weighted by molar-refractivity contribution is 0.618. The predicted molar refractivity (Wildman–Crippen MR) is 73.1 cm³/mol. The van der Waals surface area contributed by atoms with Crippen LogP contribution < -0.4 is 5.32 Å². The molecule has 0 bridgehead atoms. The topological polar surface area (TPSA) is 12.0 Å². The van der Waals surface area contributed by atoms with E-state index >= 15 is 0 Å². The van der Waals surface area contributed by atoms with Crippen LogP contribution in [0, 0.1) is 0 Å². The van der Waals surface area contributed by atoms with Gasteiger partial charge in [-0.3, -0.25) is 0 Å². The maximum Gasteiger partial charge on any atom is 0.0887 e. The molecule has 1 aromatic heterocycles. The fourth-order valence-electron chi connectivity index (χ4n) is 1.42. The average molecular weight is 311 g/mol. The molecule has 0 saturated carbocycles. The van der Waals surface area contributed by atoms with Crippen molar-refractivity contribution in [1.29, 1.82) is 0 Å². The summed E-state index contributed by atoms with van der Waals surface area (Å²) in [5.74, 6) is 0. The Labute approximate surface area is 109 Å². The van der Waals surface area contributed by atoms with Gasteiger partial charge >= 0.3 is 0 Å². The molecule has 15 heavy (non-hydrogen) atoms. The zero-order chi connectivity index (χ0) is 11.1. The van der Waals surface area contributed by atoms with Gasteiger partial charge in [-0.05, 0) is 54.3 Å². The minimum Gasteiger partial charge on any atom is -0.317 e. The Balaban J connectivity index is 2.10. The lowest BCUT2D eigenvalue weighted by Crippen LogP contribution is -2.13. The van der Waals surface area contributed by atoms with Crippen LogP contribution in [0.5, 0.6) is 0 Å². The van der Waals surface area contributed by atoms with Crippen LogP contribution in [0.2, 0.25) is 5.02 Å². The predicted octanol–water partition coefficient (Wildman–Crippen LogP) is 4.49. The van der Waals surface area contributed by atoms with Gasteiger partial charge in [-0.25, -0.2) is 0 Å². The summed E-state index contributed by atoms with van der Waals surface area (Å²) in [6.07, 6.45) is 4.98. The standard InChI is InChI=1S/C11H17BrClNS/c1-2-14-7-5-3-4-6-9-8-10(13)11(12)15-9/h8,14H,2-7H2,1H3. The van der Waals surface area contributed by atoms with Crippen LogP contribution in [0.25, 0.3) is 0 Å². The second-order valence-electron chi connectivity index (χ2n) is 3.50. The Morgan fingerprint density at radius 1 is 1.40 bits per heavy atom. The summed E-state index contributed by atoms with van der Waals surface area (Å²) in [5.41, 5.74) is 0. The molecule has 0 saturated heterocycles. The Hall–Kier alpha value is 0.430. The summed E-state index contributed by atoms with van der Waals surface area (Å²) < 4.78 is 1.06. The normalized spacial score (nSPS) is 10.9. The number of hydrogen-bond acceptors (Lipinski definition) is 2. The van der Waals surface area contributed by atoms with Crippen molar-refractivity contribution in [3.8, 4) is 0 Å². The van der Waals surface area contributed by atoms with E-state index in [9.17, 15) is 0 Å². The van der Waals surface area contributed by atoms with E-state index in [1.807, 2.05) is 0 Å². The first kappa shape index (κ1) is 13.5. The molecule has 1 heterocycles. The first-order valence-electron chi connectivity index (χ1n) is 5.38. The molecule has 0 amide bonds. The molecule has 0 radical (unpaired) electrons. The molecular weight excluding hydrogens is 294 g/mol. The van der Waals surface area contributed by atoms with Gasteiger partial charge in [0, 0.05) is 4.88 Å². The minimum absolute atomic E-state index is 0.850. The van der Waals surface area contributed by atoms with E-state index in [4.69, 9.17) is 11.6 Å². The quantitative estimate of drug-likeness (QED) is 0.732. The molecule has 1 N–H and O–H groups in total. The third-order valence-corrected chi connectivity index (χ3v) is 4.76. The molecule has 0 unspecified atom stereocenters. The summed E-state index contributed by atoms with van der Waals surface area (Å²) in [4.78, 5) is 1.38. The molecule has 1 aromatic rings. The van der Waals surface area contributed by atoms with Gasteiger partial charge in [-0.1, -0.05) is 24.9 Å². The molecule has 0 spiro atoms. The Morgan fingerprint density at radius 2 is 2.20 bits per heavy atom. The molecule has 0 aliphatic carbocycles. The highest BCUT2D eigenvalue weighted by atomic mass is 79.9. The van der Waals surface area contributed by atoms with Crippen molar-refractivity contribution in [3.63, 3.8) is 0 Å². The Bertz CT molecular complexity index is 269. The number of unbranched alkanes of at least 4 members (excludes halogenated alkanes) is 2. The average Bonchev–Trinajstić information content (AvgIpc) is 2.52. The number of aryl methyl sites for hydroxylation is 1. The highest BCUT2D eigenvalue weighted by Gasteiger charge is 2.03. The summed E-state index contributed by atoms with van der Waals surface area (Å²) in [7, 11) is 0. The van der Waals surface area contributed by atoms with Crippen LogP contribution in [0.3, 0.4) is 0 Å². The van der Waals surface area contributed by atoms with Crippen LogP contribution in [0.4, 0.5) is 0 Å². The molecule has 86 valence electrons. The van der Waals surface area contributed by atoms with Gasteiger partial charge in [0.05, 0.1) is 8.81 Å². The van der Waals surface area contributed by atoms with E-state index in [1.54, 1.807) is 11.3 Å². The van der Waals surface area contributed by atoms with Gasteiger partial charge in [0.2, 0.25) is 0 Å². The molecule has 1 nitrogen and oxygen atoms in total. The van der Waals surface area contributed by atoms with E-state index in [-0.39, 0.29) is 0 Å². The van der Waals surface area contributed by atoms with Gasteiger partial charge in [0.1, 0.15) is 0 Å². The van der Waals surface area contributed by atoms with Crippen LogP contribution >= 0.6 is 38.9 Å². The highest BCUT2D eigenvalue weighted by Crippen LogP contribution is 2.32. The van der Waals surface area contributed by atoms with Crippen LogP contribution in [-0.2, 0) is 6.42 Å². The highest BCUT2D eigenvalue weighted by molar-refractivity contribution is 9.11. The summed E-state index contributed by atoms with van der Waals surface area (Å²) in [6.45, 7) is 4.37. The van der Waals surface area contributed by atoms with Crippen molar-refractivity contribution in [2.24, 2.45) is 0 Å². The fourth-order valence-corrected chi connectivity index (χ4v) is 3.28. The third-order valence-electron chi connectivity index (χ3n) is 2.22. The monoisotopic (exact) mass is 309 g/mol. The first-order valence-corrected chi connectivity index (χ1v) is 7.37. The lowest BCUT2D eigenvalue weighted by atomic mass is 10.2. The molecule has 0 atom stereocenters. The van der Waals surface area contributed by atoms with E-state index in [0.717, 1.165) is 28.3 Å². The SMILES string of the molecule is CCNCCCCCc1cc(Cl)c(Br)s1. The number of thiophene rings is 1. The van der Waals surface area contributed by atoms with Gasteiger partial charge in [-0.2, -0.15) is 0 Å². The van der Waals surface area contributed by atoms with Gasteiger partial charge in [-0.15, -0.1) is 11.3 Å². The Morgan fingerprint density at radius 3 is 2.80 bits per heavy atom. The van der Waals surface area contributed by atoms with Gasteiger partial charge in [0.15, 0.2) is 0 Å². The molecular formula is C11H17BrClNS. The van der Waals surface area contributed by atoms with Crippen molar-refractivity contribution in [3.05, 3.63) is 19.8 Å². The second-order valence-corrected chi connectivity index (χ2v) is 6.36. The second kappa shape index (κ2) is 7.66. The summed E-state index contributed by atoms with van der Waals surface area (Å²) in [5, 5.41) is 4.18. The summed E-state index contributed by atoms with van der Waals surface area (Å²) >= 11 is 11.2. The van der Waals surface area contributed by atoms with Crippen LogP contribution in [-0.4, -0.2) is 13.1 Å². The van der Waals surface area contributed by atoms with Crippen LogP contribution in [0.15, 0.2) is 9.85 Å². The molecule has 0 aliphatic heterocycles. The number of halogens is 2. The van der Waals surface area contributed by atoms with Crippen molar-refractivity contribution in [2.45, 2.75) is 32.6 Å². The summed E-state index contributed by atoms with van der Waals surface area (Å²) in [6, 6.07) is 2.07. The van der Waals surface area contributed by atoms with Crippen LogP contribution in [0.1, 0.15) is 31.1 Å². The Kier molecular flexibility index (Phi) is 6.89. The van der Waals surface area contributed by atoms with Gasteiger partial charge in [0.25, 0.3) is 0 Å². The molecule has 4 heteroatoms. The fraction of sp³-hybridized carbons (Fsp3) is 0.636. The number of hydrogen-bond donors (Lipinski definition) is 1. The van der Waals surface area contributed by atoms with Gasteiger partial charge < -0.3 is 5.32 Å².